The zero-order valence-corrected chi connectivity index (χ0v) is 10.4. The molecule has 0 N–H and O–H groups in total. The van der Waals surface area contributed by atoms with E-state index in [4.69, 9.17) is 4.74 Å². The van der Waals surface area contributed by atoms with Crippen LogP contribution in [0.15, 0.2) is 0 Å². The lowest BCUT2D eigenvalue weighted by Crippen LogP contribution is -2.07. The smallest absolute Gasteiger partial charge is 0.341 e. The standard InChI is InChI=1S/C9H14N2O2.C2H6/c1-5-13-9(12)8-6(2)10-11(4)7(8)3;1-2/h5H2,1-4H3;1-2H3. The van der Waals surface area contributed by atoms with E-state index >= 15 is 0 Å². The first-order valence-electron chi connectivity index (χ1n) is 5.25. The Hall–Kier alpha value is -1.32. The highest BCUT2D eigenvalue weighted by Gasteiger charge is 2.17. The third-order valence-electron chi connectivity index (χ3n) is 1.99. The fourth-order valence-electron chi connectivity index (χ4n) is 1.27. The number of hydrogen-bond acceptors (Lipinski definition) is 3. The topological polar surface area (TPSA) is 44.1 Å². The van der Waals surface area contributed by atoms with Gasteiger partial charge in [-0.2, -0.15) is 5.10 Å². The maximum absolute atomic E-state index is 11.4. The van der Waals surface area contributed by atoms with Crippen molar-refractivity contribution in [2.24, 2.45) is 7.05 Å². The molecule has 4 heteroatoms. The van der Waals surface area contributed by atoms with Crippen LogP contribution in [-0.2, 0) is 11.8 Å². The summed E-state index contributed by atoms with van der Waals surface area (Å²) in [6.45, 7) is 9.84. The van der Waals surface area contributed by atoms with Crippen LogP contribution in [0.25, 0.3) is 0 Å². The first kappa shape index (κ1) is 13.7. The van der Waals surface area contributed by atoms with E-state index in [1.807, 2.05) is 27.8 Å². The Kier molecular flexibility index (Phi) is 5.67. The number of esters is 1. The van der Waals surface area contributed by atoms with Crippen molar-refractivity contribution in [1.29, 1.82) is 0 Å². The molecule has 0 aromatic carbocycles. The molecule has 0 spiro atoms. The molecule has 86 valence electrons. The van der Waals surface area contributed by atoms with Crippen LogP contribution in [0.4, 0.5) is 0 Å². The number of aromatic nitrogens is 2. The van der Waals surface area contributed by atoms with Crippen molar-refractivity contribution in [2.75, 3.05) is 6.61 Å². The second-order valence-corrected chi connectivity index (χ2v) is 2.89. The first-order valence-corrected chi connectivity index (χ1v) is 5.25. The Morgan fingerprint density at radius 3 is 2.27 bits per heavy atom. The second kappa shape index (κ2) is 6.22. The number of hydrogen-bond donors (Lipinski definition) is 0. The highest BCUT2D eigenvalue weighted by Crippen LogP contribution is 2.12. The average molecular weight is 212 g/mol. The molecular weight excluding hydrogens is 192 g/mol. The van der Waals surface area contributed by atoms with Crippen LogP contribution in [0.5, 0.6) is 0 Å². The summed E-state index contributed by atoms with van der Waals surface area (Å²) in [6, 6.07) is 0. The van der Waals surface area contributed by atoms with E-state index in [-0.39, 0.29) is 5.97 Å². The van der Waals surface area contributed by atoms with Gasteiger partial charge in [0.2, 0.25) is 0 Å². The van der Waals surface area contributed by atoms with Crippen LogP contribution in [0.1, 0.15) is 42.5 Å². The summed E-state index contributed by atoms with van der Waals surface area (Å²) in [6.07, 6.45) is 0. The lowest BCUT2D eigenvalue weighted by molar-refractivity contribution is 0.0524. The fourth-order valence-corrected chi connectivity index (χ4v) is 1.27. The number of carbonyl (C=O) groups excluding carboxylic acids is 1. The highest BCUT2D eigenvalue weighted by molar-refractivity contribution is 5.91. The summed E-state index contributed by atoms with van der Waals surface area (Å²) in [5.74, 6) is -0.286. The Balaban J connectivity index is 0.000000921. The lowest BCUT2D eigenvalue weighted by Gasteiger charge is -2.01. The Morgan fingerprint density at radius 1 is 1.40 bits per heavy atom. The van der Waals surface area contributed by atoms with E-state index in [1.165, 1.54) is 0 Å². The SMILES string of the molecule is CC.CCOC(=O)c1c(C)nn(C)c1C. The highest BCUT2D eigenvalue weighted by atomic mass is 16.5. The second-order valence-electron chi connectivity index (χ2n) is 2.89. The van der Waals surface area contributed by atoms with Gasteiger partial charge in [-0.25, -0.2) is 4.79 Å². The Labute approximate surface area is 91.2 Å². The molecule has 4 nitrogen and oxygen atoms in total. The molecule has 0 fully saturated rings. The monoisotopic (exact) mass is 212 g/mol. The number of nitrogens with zero attached hydrogens (tertiary/aromatic N) is 2. The van der Waals surface area contributed by atoms with Crippen LogP contribution in [0.2, 0.25) is 0 Å². The Bertz CT molecular complexity index is 330. The molecule has 15 heavy (non-hydrogen) atoms. The van der Waals surface area contributed by atoms with Crippen molar-refractivity contribution in [3.05, 3.63) is 17.0 Å². The van der Waals surface area contributed by atoms with Gasteiger partial charge in [0.25, 0.3) is 0 Å². The van der Waals surface area contributed by atoms with E-state index in [0.29, 0.717) is 12.2 Å². The molecule has 0 saturated heterocycles. The van der Waals surface area contributed by atoms with Crippen LogP contribution in [0.3, 0.4) is 0 Å². The minimum absolute atomic E-state index is 0.286. The summed E-state index contributed by atoms with van der Waals surface area (Å²) in [7, 11) is 1.81. The van der Waals surface area contributed by atoms with Crippen molar-refractivity contribution in [3.8, 4) is 0 Å². The Morgan fingerprint density at radius 2 is 1.93 bits per heavy atom. The molecule has 0 aliphatic heterocycles. The van der Waals surface area contributed by atoms with Gasteiger partial charge in [0.1, 0.15) is 5.56 Å². The normalized spacial score (nSPS) is 9.20. The van der Waals surface area contributed by atoms with Gasteiger partial charge in [0, 0.05) is 12.7 Å². The maximum Gasteiger partial charge on any atom is 0.341 e. The largest absolute Gasteiger partial charge is 0.462 e. The molecule has 0 radical (unpaired) electrons. The van der Waals surface area contributed by atoms with Gasteiger partial charge in [0.15, 0.2) is 0 Å². The fraction of sp³-hybridized carbons (Fsp3) is 0.636. The number of aryl methyl sites for hydroxylation is 2. The third kappa shape index (κ3) is 3.08. The predicted octanol–water partition coefficient (Wildman–Crippen LogP) is 2.24. The minimum Gasteiger partial charge on any atom is -0.462 e. The van der Waals surface area contributed by atoms with Gasteiger partial charge >= 0.3 is 5.97 Å². The number of ether oxygens (including phenoxy) is 1. The molecule has 0 bridgehead atoms. The molecule has 1 aromatic rings. The summed E-state index contributed by atoms with van der Waals surface area (Å²) >= 11 is 0. The van der Waals surface area contributed by atoms with Gasteiger partial charge < -0.3 is 4.74 Å². The van der Waals surface area contributed by atoms with Crippen molar-refractivity contribution in [3.63, 3.8) is 0 Å². The van der Waals surface area contributed by atoms with Crippen LogP contribution >= 0.6 is 0 Å². The van der Waals surface area contributed by atoms with E-state index in [1.54, 1.807) is 18.5 Å². The van der Waals surface area contributed by atoms with Crippen LogP contribution in [0, 0.1) is 13.8 Å². The van der Waals surface area contributed by atoms with Gasteiger partial charge in [0.05, 0.1) is 12.3 Å². The number of carbonyl (C=O) groups is 1. The lowest BCUT2D eigenvalue weighted by atomic mass is 10.2. The van der Waals surface area contributed by atoms with Gasteiger partial charge in [-0.05, 0) is 20.8 Å². The molecule has 1 rings (SSSR count). The number of rotatable bonds is 2. The third-order valence-corrected chi connectivity index (χ3v) is 1.99. The van der Waals surface area contributed by atoms with Crippen molar-refractivity contribution >= 4 is 5.97 Å². The van der Waals surface area contributed by atoms with Gasteiger partial charge in [-0.1, -0.05) is 13.8 Å². The predicted molar refractivity (Wildman–Crippen MR) is 60.0 cm³/mol. The average Bonchev–Trinajstić information content (AvgIpc) is 2.45. The minimum atomic E-state index is -0.286. The molecule has 0 saturated carbocycles. The molecular formula is C11H20N2O2. The summed E-state index contributed by atoms with van der Waals surface area (Å²) in [4.78, 5) is 11.4. The van der Waals surface area contributed by atoms with Gasteiger partial charge in [-0.15, -0.1) is 0 Å². The molecule has 0 aliphatic carbocycles. The first-order chi connectivity index (χ1) is 7.07. The quantitative estimate of drug-likeness (QED) is 0.706. The van der Waals surface area contributed by atoms with Crippen LogP contribution < -0.4 is 0 Å². The van der Waals surface area contributed by atoms with Crippen molar-refractivity contribution in [2.45, 2.75) is 34.6 Å². The van der Waals surface area contributed by atoms with Gasteiger partial charge in [-0.3, -0.25) is 4.68 Å². The van der Waals surface area contributed by atoms with E-state index < -0.39 is 0 Å². The zero-order valence-electron chi connectivity index (χ0n) is 10.4. The van der Waals surface area contributed by atoms with Crippen LogP contribution in [-0.4, -0.2) is 22.4 Å². The van der Waals surface area contributed by atoms with E-state index in [0.717, 1.165) is 11.4 Å². The molecule has 0 atom stereocenters. The summed E-state index contributed by atoms with van der Waals surface area (Å²) in [5.41, 5.74) is 2.15. The summed E-state index contributed by atoms with van der Waals surface area (Å²) < 4.78 is 6.59. The van der Waals surface area contributed by atoms with Crippen molar-refractivity contribution in [1.82, 2.24) is 9.78 Å². The summed E-state index contributed by atoms with van der Waals surface area (Å²) in [5, 5.41) is 4.13. The maximum atomic E-state index is 11.4. The molecule has 0 unspecified atom stereocenters. The molecule has 1 aromatic heterocycles. The van der Waals surface area contributed by atoms with E-state index in [2.05, 4.69) is 5.10 Å². The molecule has 1 heterocycles. The van der Waals surface area contributed by atoms with E-state index in [9.17, 15) is 4.79 Å². The molecule has 0 amide bonds. The van der Waals surface area contributed by atoms with Crippen molar-refractivity contribution < 1.29 is 9.53 Å². The molecule has 0 aliphatic rings. The zero-order chi connectivity index (χ0) is 12.0.